The number of allylic oxidation sites excluding steroid dienone is 2. The third-order valence-corrected chi connectivity index (χ3v) is 5.51. The number of hydrogen-bond acceptors (Lipinski definition) is 3. The van der Waals surface area contributed by atoms with Gasteiger partial charge in [-0.25, -0.2) is 0 Å². The first-order chi connectivity index (χ1) is 13.2. The van der Waals surface area contributed by atoms with E-state index in [-0.39, 0.29) is 11.9 Å². The third-order valence-electron chi connectivity index (χ3n) is 5.51. The highest BCUT2D eigenvalue weighted by Gasteiger charge is 2.38. The number of carbonyl (C=O) groups excluding carboxylic acids is 1. The minimum atomic E-state index is -0.00698. The predicted octanol–water partition coefficient (Wildman–Crippen LogP) is 4.66. The van der Waals surface area contributed by atoms with Crippen LogP contribution in [0.15, 0.2) is 54.6 Å². The van der Waals surface area contributed by atoms with Gasteiger partial charge in [0.1, 0.15) is 5.75 Å². The molecule has 0 bridgehead atoms. The van der Waals surface area contributed by atoms with Gasteiger partial charge in [0.2, 0.25) is 0 Å². The highest BCUT2D eigenvalue weighted by atomic mass is 16.5. The lowest BCUT2D eigenvalue weighted by Crippen LogP contribution is -2.30. The second-order valence-electron chi connectivity index (χ2n) is 7.14. The molecule has 1 amide bonds. The van der Waals surface area contributed by atoms with Crippen LogP contribution in [-0.4, -0.2) is 19.1 Å². The lowest BCUT2D eigenvalue weighted by atomic mass is 9.76. The Kier molecular flexibility index (Phi) is 4.88. The quantitative estimate of drug-likeness (QED) is 0.761. The average molecular weight is 362 g/mol. The van der Waals surface area contributed by atoms with Crippen LogP contribution in [0.3, 0.4) is 0 Å². The number of benzene rings is 2. The first-order valence-electron chi connectivity index (χ1n) is 9.79. The number of hydrogen-bond donors (Lipinski definition) is 2. The van der Waals surface area contributed by atoms with Crippen molar-refractivity contribution < 1.29 is 9.53 Å². The number of carbonyl (C=O) groups is 1. The van der Waals surface area contributed by atoms with Crippen LogP contribution >= 0.6 is 0 Å². The van der Waals surface area contributed by atoms with Crippen LogP contribution in [-0.2, 0) is 0 Å². The van der Waals surface area contributed by atoms with Gasteiger partial charge in [0.25, 0.3) is 5.91 Å². The highest BCUT2D eigenvalue weighted by Crippen LogP contribution is 2.50. The molecule has 0 spiro atoms. The minimum absolute atomic E-state index is 0.00698. The van der Waals surface area contributed by atoms with Crippen molar-refractivity contribution in [1.82, 2.24) is 5.32 Å². The number of ether oxygens (including phenoxy) is 1. The molecular weight excluding hydrogens is 336 g/mol. The van der Waals surface area contributed by atoms with Gasteiger partial charge in [0.05, 0.1) is 12.6 Å². The summed E-state index contributed by atoms with van der Waals surface area (Å²) in [7, 11) is 0. The van der Waals surface area contributed by atoms with Gasteiger partial charge in [-0.1, -0.05) is 24.3 Å². The summed E-state index contributed by atoms with van der Waals surface area (Å²) in [5.41, 5.74) is 4.35. The maximum Gasteiger partial charge on any atom is 0.251 e. The van der Waals surface area contributed by atoms with Gasteiger partial charge in [-0.05, 0) is 67.6 Å². The molecule has 3 unspecified atom stereocenters. The molecule has 0 saturated heterocycles. The summed E-state index contributed by atoms with van der Waals surface area (Å²) in [6, 6.07) is 14.7. The number of rotatable bonds is 5. The summed E-state index contributed by atoms with van der Waals surface area (Å²) in [5.74, 6) is 1.70. The van der Waals surface area contributed by atoms with Crippen molar-refractivity contribution in [2.75, 3.05) is 18.5 Å². The van der Waals surface area contributed by atoms with Gasteiger partial charge in [-0.3, -0.25) is 4.79 Å². The molecular formula is C23H26N2O2. The molecule has 1 heterocycles. The SMILES string of the molecule is CCNC(=O)c1ccc2c(c1)C1C=CCC1C(c1ccc(OCC)cc1)N2. The lowest BCUT2D eigenvalue weighted by molar-refractivity contribution is 0.0955. The number of fused-ring (bicyclic) bond motifs is 3. The second kappa shape index (κ2) is 7.47. The number of nitrogens with one attached hydrogen (secondary N) is 2. The summed E-state index contributed by atoms with van der Waals surface area (Å²) in [5, 5.41) is 6.61. The van der Waals surface area contributed by atoms with E-state index in [9.17, 15) is 4.79 Å². The molecule has 1 aliphatic heterocycles. The van der Waals surface area contributed by atoms with Gasteiger partial charge in [0.15, 0.2) is 0 Å². The predicted molar refractivity (Wildman–Crippen MR) is 108 cm³/mol. The van der Waals surface area contributed by atoms with E-state index in [0.29, 0.717) is 25.0 Å². The maximum atomic E-state index is 12.2. The van der Waals surface area contributed by atoms with E-state index in [2.05, 4.69) is 41.0 Å². The molecule has 2 aromatic carbocycles. The molecule has 2 aliphatic rings. The van der Waals surface area contributed by atoms with E-state index in [4.69, 9.17) is 4.74 Å². The van der Waals surface area contributed by atoms with Crippen LogP contribution in [0, 0.1) is 5.92 Å². The van der Waals surface area contributed by atoms with E-state index in [1.54, 1.807) is 0 Å². The molecule has 0 fully saturated rings. The van der Waals surface area contributed by atoms with Crippen molar-refractivity contribution in [3.05, 3.63) is 71.3 Å². The van der Waals surface area contributed by atoms with Crippen LogP contribution in [0.25, 0.3) is 0 Å². The Hall–Kier alpha value is -2.75. The standard InChI is InChI=1S/C23H26N2O2/c1-3-24-23(26)16-10-13-21-20(14-16)18-6-5-7-19(18)22(25-21)15-8-11-17(12-9-15)27-4-2/h5-6,8-14,18-19,22,25H,3-4,7H2,1-2H3,(H,24,26). The minimum Gasteiger partial charge on any atom is -0.494 e. The van der Waals surface area contributed by atoms with Crippen molar-refractivity contribution >= 4 is 11.6 Å². The van der Waals surface area contributed by atoms with Crippen molar-refractivity contribution in [3.63, 3.8) is 0 Å². The summed E-state index contributed by atoms with van der Waals surface area (Å²) in [4.78, 5) is 12.2. The van der Waals surface area contributed by atoms with Crippen molar-refractivity contribution in [2.45, 2.75) is 32.2 Å². The Morgan fingerprint density at radius 1 is 1.19 bits per heavy atom. The first-order valence-corrected chi connectivity index (χ1v) is 9.79. The molecule has 1 aliphatic carbocycles. The summed E-state index contributed by atoms with van der Waals surface area (Å²) >= 11 is 0. The van der Waals surface area contributed by atoms with Crippen molar-refractivity contribution in [2.24, 2.45) is 5.92 Å². The van der Waals surface area contributed by atoms with E-state index in [1.165, 1.54) is 11.1 Å². The second-order valence-corrected chi connectivity index (χ2v) is 7.14. The molecule has 140 valence electrons. The van der Waals surface area contributed by atoms with Crippen LogP contribution < -0.4 is 15.4 Å². The molecule has 0 radical (unpaired) electrons. The molecule has 27 heavy (non-hydrogen) atoms. The van der Waals surface area contributed by atoms with E-state index in [0.717, 1.165) is 23.4 Å². The fourth-order valence-corrected chi connectivity index (χ4v) is 4.27. The summed E-state index contributed by atoms with van der Waals surface area (Å²) in [6.45, 7) is 5.25. The van der Waals surface area contributed by atoms with Crippen LogP contribution in [0.2, 0.25) is 0 Å². The molecule has 2 N–H and O–H groups in total. The van der Waals surface area contributed by atoms with E-state index in [1.807, 2.05) is 38.1 Å². The first kappa shape index (κ1) is 17.7. The van der Waals surface area contributed by atoms with Crippen LogP contribution in [0.5, 0.6) is 5.75 Å². The molecule has 4 heteroatoms. The van der Waals surface area contributed by atoms with Gasteiger partial charge in [0, 0.05) is 23.7 Å². The fraction of sp³-hybridized carbons (Fsp3) is 0.348. The van der Waals surface area contributed by atoms with Crippen molar-refractivity contribution in [1.29, 1.82) is 0 Å². The molecule has 4 nitrogen and oxygen atoms in total. The van der Waals surface area contributed by atoms with E-state index < -0.39 is 0 Å². The Morgan fingerprint density at radius 3 is 2.74 bits per heavy atom. The van der Waals surface area contributed by atoms with Crippen molar-refractivity contribution in [3.8, 4) is 5.75 Å². The summed E-state index contributed by atoms with van der Waals surface area (Å²) < 4.78 is 5.58. The lowest BCUT2D eigenvalue weighted by Gasteiger charge is -2.37. The average Bonchev–Trinajstić information content (AvgIpc) is 3.18. The van der Waals surface area contributed by atoms with Gasteiger partial charge >= 0.3 is 0 Å². The zero-order valence-electron chi connectivity index (χ0n) is 15.9. The number of anilines is 1. The van der Waals surface area contributed by atoms with Crippen LogP contribution in [0.1, 0.15) is 53.7 Å². The maximum absolute atomic E-state index is 12.2. The van der Waals surface area contributed by atoms with Gasteiger partial charge in [-0.15, -0.1) is 0 Å². The zero-order valence-corrected chi connectivity index (χ0v) is 15.9. The normalized spacial score (nSPS) is 22.5. The molecule has 0 aromatic heterocycles. The Balaban J connectivity index is 1.65. The third kappa shape index (κ3) is 3.32. The number of amides is 1. The molecule has 3 atom stereocenters. The van der Waals surface area contributed by atoms with Gasteiger partial charge in [-0.2, -0.15) is 0 Å². The monoisotopic (exact) mass is 362 g/mol. The zero-order chi connectivity index (χ0) is 18.8. The molecule has 2 aromatic rings. The smallest absolute Gasteiger partial charge is 0.251 e. The van der Waals surface area contributed by atoms with Crippen LogP contribution in [0.4, 0.5) is 5.69 Å². The largest absolute Gasteiger partial charge is 0.494 e. The highest BCUT2D eigenvalue weighted by molar-refractivity contribution is 5.95. The Bertz CT molecular complexity index is 857. The molecule has 4 rings (SSSR count). The topological polar surface area (TPSA) is 50.4 Å². The van der Waals surface area contributed by atoms with E-state index >= 15 is 0 Å². The van der Waals surface area contributed by atoms with Gasteiger partial charge < -0.3 is 15.4 Å². The Morgan fingerprint density at radius 2 is 2.00 bits per heavy atom. The summed E-state index contributed by atoms with van der Waals surface area (Å²) in [6.07, 6.45) is 5.61. The Labute approximate surface area is 160 Å². The fourth-order valence-electron chi connectivity index (χ4n) is 4.27. The molecule has 0 saturated carbocycles.